The van der Waals surface area contributed by atoms with Gasteiger partial charge >= 0.3 is 5.97 Å². The molecule has 1 heterocycles. The number of rotatable bonds is 3. The number of aromatic nitrogens is 1. The lowest BCUT2D eigenvalue weighted by Crippen LogP contribution is -3.00. The van der Waals surface area contributed by atoms with Crippen LogP contribution in [-0.2, 0) is 11.2 Å². The number of carboxylic acid groups (broad SMARTS) is 1. The van der Waals surface area contributed by atoms with Crippen molar-refractivity contribution >= 4 is 16.9 Å². The molecule has 1 aromatic carbocycles. The second-order valence-corrected chi connectivity index (χ2v) is 4.10. The van der Waals surface area contributed by atoms with E-state index in [1.165, 1.54) is 6.07 Å². The third kappa shape index (κ3) is 3.59. The van der Waals surface area contributed by atoms with E-state index >= 15 is 0 Å². The molecule has 20 heavy (non-hydrogen) atoms. The molecule has 0 aliphatic heterocycles. The minimum Gasteiger partial charge on any atom is -1.00 e. The highest BCUT2D eigenvalue weighted by Crippen LogP contribution is 2.33. The number of aromatic hydroxyl groups is 2. The Kier molecular flexibility index (Phi) is 6.90. The Labute approximate surface area is 135 Å². The number of carboxylic acids is 1. The van der Waals surface area contributed by atoms with Crippen LogP contribution in [0.3, 0.4) is 0 Å². The fourth-order valence-corrected chi connectivity index (χ4v) is 1.86. The van der Waals surface area contributed by atoms with E-state index in [-0.39, 0.29) is 51.9 Å². The molecule has 0 amide bonds. The maximum Gasteiger partial charge on any atom is 0.362 e. The third-order valence-corrected chi connectivity index (χ3v) is 2.81. The molecule has 0 aliphatic rings. The molecule has 2 aromatic rings. The molecule has 8 heteroatoms. The van der Waals surface area contributed by atoms with Crippen LogP contribution in [0.1, 0.15) is 5.56 Å². The summed E-state index contributed by atoms with van der Waals surface area (Å²) in [5.74, 6) is -1.53. The van der Waals surface area contributed by atoms with Crippen molar-refractivity contribution in [2.45, 2.75) is 12.5 Å². The number of H-pyrrole nitrogens is 1. The molecule has 1 atom stereocenters. The summed E-state index contributed by atoms with van der Waals surface area (Å²) >= 11 is 0. The first-order valence-corrected chi connectivity index (χ1v) is 5.41. The highest BCUT2D eigenvalue weighted by Gasteiger charge is 2.21. The van der Waals surface area contributed by atoms with Crippen LogP contribution in [0.2, 0.25) is 0 Å². The molecule has 110 valence electrons. The van der Waals surface area contributed by atoms with Gasteiger partial charge in [0.25, 0.3) is 5.52 Å². The molecule has 0 unspecified atom stereocenters. The molecule has 0 aliphatic carbocycles. The van der Waals surface area contributed by atoms with Crippen molar-refractivity contribution in [2.75, 3.05) is 0 Å². The van der Waals surface area contributed by atoms with Crippen molar-refractivity contribution in [1.29, 1.82) is 0 Å². The van der Waals surface area contributed by atoms with Crippen LogP contribution in [0.25, 0.3) is 10.9 Å². The van der Waals surface area contributed by atoms with Crippen LogP contribution in [-0.4, -0.2) is 27.3 Å². The first kappa shape index (κ1) is 18.6. The van der Waals surface area contributed by atoms with Crippen molar-refractivity contribution in [2.24, 2.45) is 0 Å². The Hall–Kier alpha value is -1.38. The first-order chi connectivity index (χ1) is 8.50. The van der Waals surface area contributed by atoms with Gasteiger partial charge in [-0.25, -0.2) is 9.78 Å². The van der Waals surface area contributed by atoms with E-state index in [2.05, 4.69) is 10.7 Å². The molecule has 0 saturated carbocycles. The van der Waals surface area contributed by atoms with Gasteiger partial charge in [-0.05, 0) is 17.7 Å². The Bertz CT molecular complexity index is 622. The molecular weight excluding hydrogens is 396 g/mol. The molecule has 7 N–H and O–H groups in total. The number of benzene rings is 1. The zero-order valence-electron chi connectivity index (χ0n) is 10.3. The van der Waals surface area contributed by atoms with Crippen LogP contribution < -0.4 is 44.7 Å². The van der Waals surface area contributed by atoms with E-state index in [0.29, 0.717) is 16.5 Å². The van der Waals surface area contributed by atoms with Gasteiger partial charge in [-0.15, -0.1) is 0 Å². The third-order valence-electron chi connectivity index (χ3n) is 2.81. The van der Waals surface area contributed by atoms with E-state index in [1.807, 2.05) is 0 Å². The SMILES string of the molecule is [Br-].[Br-].[NH3+][C@@H](Cc1cc(O)c(O)c2[nH+]cccc12)C(=O)O. The number of pyridine rings is 1. The average molecular weight is 410 g/mol. The van der Waals surface area contributed by atoms with Crippen molar-refractivity contribution in [3.8, 4) is 11.5 Å². The van der Waals surface area contributed by atoms with Gasteiger partial charge in [0.05, 0.1) is 5.39 Å². The number of halogens is 2. The quantitative estimate of drug-likeness (QED) is 0.377. The normalized spacial score (nSPS) is 11.2. The second kappa shape index (κ2) is 7.41. The summed E-state index contributed by atoms with van der Waals surface area (Å²) in [5.41, 5.74) is 4.54. The Morgan fingerprint density at radius 3 is 2.60 bits per heavy atom. The minimum absolute atomic E-state index is 0. The number of phenolic OH excluding ortho intramolecular Hbond substituents is 2. The Morgan fingerprint density at radius 2 is 2.00 bits per heavy atom. The van der Waals surface area contributed by atoms with E-state index < -0.39 is 12.0 Å². The van der Waals surface area contributed by atoms with Gasteiger partial charge in [0.15, 0.2) is 18.0 Å². The maximum absolute atomic E-state index is 10.8. The number of quaternary nitrogens is 1. The number of fused-ring (bicyclic) bond motifs is 1. The summed E-state index contributed by atoms with van der Waals surface area (Å²) in [4.78, 5) is 13.6. The predicted molar refractivity (Wildman–Crippen MR) is 61.8 cm³/mol. The molecule has 0 radical (unpaired) electrons. The molecule has 0 fully saturated rings. The number of phenols is 2. The largest absolute Gasteiger partial charge is 1.00 e. The summed E-state index contributed by atoms with van der Waals surface area (Å²) < 4.78 is 0. The monoisotopic (exact) mass is 408 g/mol. The number of hydrogen-bond acceptors (Lipinski definition) is 3. The zero-order chi connectivity index (χ0) is 13.3. The molecule has 6 nitrogen and oxygen atoms in total. The van der Waals surface area contributed by atoms with Crippen LogP contribution in [0.5, 0.6) is 11.5 Å². The molecule has 1 aromatic heterocycles. The van der Waals surface area contributed by atoms with Gasteiger partial charge in [0.2, 0.25) is 5.75 Å². The summed E-state index contributed by atoms with van der Waals surface area (Å²) in [6.07, 6.45) is 1.79. The van der Waals surface area contributed by atoms with Gasteiger partial charge in [-0.3, -0.25) is 0 Å². The topological polar surface area (TPSA) is 120 Å². The van der Waals surface area contributed by atoms with E-state index in [1.54, 1.807) is 18.3 Å². The lowest BCUT2D eigenvalue weighted by Gasteiger charge is -2.07. The number of nitrogens with one attached hydrogen (secondary N) is 1. The minimum atomic E-state index is -1.00. The van der Waals surface area contributed by atoms with Crippen molar-refractivity contribution in [1.82, 2.24) is 0 Å². The maximum atomic E-state index is 10.8. The number of aliphatic carboxylic acids is 1. The van der Waals surface area contributed by atoms with Crippen LogP contribution in [0.15, 0.2) is 24.4 Å². The fraction of sp³-hybridized carbons (Fsp3) is 0.167. The van der Waals surface area contributed by atoms with Gasteiger partial charge in [0.1, 0.15) is 0 Å². The van der Waals surface area contributed by atoms with Gasteiger partial charge in [-0.2, -0.15) is 0 Å². The highest BCUT2D eigenvalue weighted by molar-refractivity contribution is 5.87. The van der Waals surface area contributed by atoms with Gasteiger partial charge < -0.3 is 55.0 Å². The number of carbonyl (C=O) groups is 1. The van der Waals surface area contributed by atoms with Gasteiger partial charge in [0, 0.05) is 12.5 Å². The molecule has 2 rings (SSSR count). The van der Waals surface area contributed by atoms with E-state index in [9.17, 15) is 15.0 Å². The second-order valence-electron chi connectivity index (χ2n) is 4.10. The number of aromatic amines is 1. The molecule has 0 bridgehead atoms. The van der Waals surface area contributed by atoms with Crippen LogP contribution >= 0.6 is 0 Å². The predicted octanol–water partition coefficient (Wildman–Crippen LogP) is -6.69. The van der Waals surface area contributed by atoms with Crippen LogP contribution in [0, 0.1) is 0 Å². The zero-order valence-corrected chi connectivity index (χ0v) is 13.5. The summed E-state index contributed by atoms with van der Waals surface area (Å²) in [7, 11) is 0. The van der Waals surface area contributed by atoms with Crippen LogP contribution in [0.4, 0.5) is 0 Å². The first-order valence-electron chi connectivity index (χ1n) is 5.41. The van der Waals surface area contributed by atoms with Crippen molar-refractivity contribution in [3.05, 3.63) is 30.0 Å². The van der Waals surface area contributed by atoms with Crippen molar-refractivity contribution < 1.29 is 64.8 Å². The lowest BCUT2D eigenvalue weighted by molar-refractivity contribution is -0.407. The average Bonchev–Trinajstić information content (AvgIpc) is 2.35. The highest BCUT2D eigenvalue weighted by atomic mass is 79.9. The molecule has 0 saturated heterocycles. The lowest BCUT2D eigenvalue weighted by atomic mass is 10.0. The summed E-state index contributed by atoms with van der Waals surface area (Å²) in [6.45, 7) is 0. The number of hydrogen-bond donors (Lipinski definition) is 4. The van der Waals surface area contributed by atoms with Crippen molar-refractivity contribution in [3.63, 3.8) is 0 Å². The molecular formula is C12H14Br2N2O4. The fourth-order valence-electron chi connectivity index (χ4n) is 1.86. The smallest absolute Gasteiger partial charge is 0.362 e. The molecule has 0 spiro atoms. The van der Waals surface area contributed by atoms with E-state index in [0.717, 1.165) is 0 Å². The summed E-state index contributed by atoms with van der Waals surface area (Å²) in [6, 6.07) is 4.04. The summed E-state index contributed by atoms with van der Waals surface area (Å²) in [5, 5.41) is 28.9. The Balaban J connectivity index is 0.00000180. The standard InChI is InChI=1S/C12H12N2O4.2BrH/c13-8(12(17)18)4-6-5-9(15)11(16)10-7(6)2-1-3-14-10;;/h1-3,5,8,15-16H,4,13H2,(H,17,18);2*1H/t8-;;/m0../s1. The van der Waals surface area contributed by atoms with E-state index in [4.69, 9.17) is 5.11 Å². The van der Waals surface area contributed by atoms with Gasteiger partial charge in [-0.1, -0.05) is 0 Å². The Morgan fingerprint density at radius 1 is 1.35 bits per heavy atom.